The number of nitrogens with zero attached hydrogens (tertiary/aromatic N) is 5. The van der Waals surface area contributed by atoms with Crippen LogP contribution in [0.2, 0.25) is 5.02 Å². The molecule has 0 aromatic carbocycles. The van der Waals surface area contributed by atoms with Gasteiger partial charge in [-0.2, -0.15) is 5.10 Å². The van der Waals surface area contributed by atoms with E-state index in [1.807, 2.05) is 0 Å². The zero-order valence-electron chi connectivity index (χ0n) is 23.4. The van der Waals surface area contributed by atoms with Crippen LogP contribution in [0.5, 0.6) is 5.75 Å². The number of pyridine rings is 3. The fraction of sp³-hybridized carbons (Fsp3) is 0.269. The molecule has 0 spiro atoms. The summed E-state index contributed by atoms with van der Waals surface area (Å²) in [5.41, 5.74) is -1.71. The molecule has 4 aromatic rings. The van der Waals surface area contributed by atoms with Crippen LogP contribution in [0, 0.1) is 31.3 Å². The van der Waals surface area contributed by atoms with E-state index in [-0.39, 0.29) is 23.1 Å². The van der Waals surface area contributed by atoms with Gasteiger partial charge in [-0.05, 0) is 33.3 Å². The van der Waals surface area contributed by atoms with Gasteiger partial charge in [-0.25, -0.2) is 22.8 Å². The molecule has 0 atom stereocenters. The third kappa shape index (κ3) is 5.65. The standard InChI is InChI=1S/C26H24ClF3N6O3/c1-13-9-32-22(35-11-18(30)24(34-35)26(4,5)33-15(3)37)8-20(13)36-14(2)6-21(23(27)25(36)38)39-12-19-17(29)7-16(28)10-31-19/h6-11H,12H2,1-5H3,(H,33,37)/i12D2. The van der Waals surface area contributed by atoms with Crippen molar-refractivity contribution in [2.75, 3.05) is 0 Å². The zero-order chi connectivity index (χ0) is 30.4. The highest BCUT2D eigenvalue weighted by molar-refractivity contribution is 6.31. The van der Waals surface area contributed by atoms with E-state index < -0.39 is 51.6 Å². The van der Waals surface area contributed by atoms with E-state index in [4.69, 9.17) is 19.1 Å². The molecule has 0 fully saturated rings. The Balaban J connectivity index is 1.75. The second-order valence-corrected chi connectivity index (χ2v) is 9.58. The van der Waals surface area contributed by atoms with Crippen molar-refractivity contribution in [2.45, 2.75) is 46.7 Å². The lowest BCUT2D eigenvalue weighted by Crippen LogP contribution is -2.40. The lowest BCUT2D eigenvalue weighted by molar-refractivity contribution is -0.120. The van der Waals surface area contributed by atoms with Gasteiger partial charge in [0.25, 0.3) is 5.56 Å². The summed E-state index contributed by atoms with van der Waals surface area (Å²) < 4.78 is 66.1. The van der Waals surface area contributed by atoms with E-state index in [2.05, 4.69) is 20.4 Å². The zero-order valence-corrected chi connectivity index (χ0v) is 22.2. The van der Waals surface area contributed by atoms with Crippen LogP contribution in [-0.2, 0) is 16.9 Å². The van der Waals surface area contributed by atoms with E-state index in [0.29, 0.717) is 23.5 Å². The Kier molecular flexibility index (Phi) is 6.77. The average molecular weight is 563 g/mol. The molecule has 0 unspecified atom stereocenters. The maximum absolute atomic E-state index is 14.8. The molecule has 1 amide bonds. The second kappa shape index (κ2) is 10.5. The van der Waals surface area contributed by atoms with E-state index in [9.17, 15) is 22.8 Å². The minimum absolute atomic E-state index is 0.0316. The summed E-state index contributed by atoms with van der Waals surface area (Å²) >= 11 is 6.29. The van der Waals surface area contributed by atoms with Gasteiger partial charge in [0.15, 0.2) is 17.5 Å². The van der Waals surface area contributed by atoms with Crippen LogP contribution in [0.4, 0.5) is 13.2 Å². The Hall–Kier alpha value is -4.19. The first-order valence-corrected chi connectivity index (χ1v) is 11.8. The van der Waals surface area contributed by atoms with Gasteiger partial charge in [0.05, 0.1) is 26.4 Å². The van der Waals surface area contributed by atoms with Crippen LogP contribution < -0.4 is 15.6 Å². The summed E-state index contributed by atoms with van der Waals surface area (Å²) in [5, 5.41) is 6.36. The molecule has 0 radical (unpaired) electrons. The first-order chi connectivity index (χ1) is 19.0. The highest BCUT2D eigenvalue weighted by atomic mass is 35.5. The van der Waals surface area contributed by atoms with Gasteiger partial charge < -0.3 is 10.1 Å². The first kappa shape index (κ1) is 25.1. The third-order valence-electron chi connectivity index (χ3n) is 5.65. The summed E-state index contributed by atoms with van der Waals surface area (Å²) in [6.45, 7) is 4.79. The van der Waals surface area contributed by atoms with Crippen molar-refractivity contribution < 1.29 is 25.4 Å². The number of hydrogen-bond donors (Lipinski definition) is 1. The van der Waals surface area contributed by atoms with Crippen LogP contribution in [0.3, 0.4) is 0 Å². The monoisotopic (exact) mass is 562 g/mol. The predicted molar refractivity (Wildman–Crippen MR) is 137 cm³/mol. The number of ether oxygens (including phenoxy) is 1. The molecule has 4 aromatic heterocycles. The average Bonchev–Trinajstić information content (AvgIpc) is 3.25. The normalized spacial score (nSPS) is 12.6. The molecule has 0 aliphatic rings. The van der Waals surface area contributed by atoms with Gasteiger partial charge in [0, 0.05) is 37.0 Å². The maximum Gasteiger partial charge on any atom is 0.277 e. The lowest BCUT2D eigenvalue weighted by Gasteiger charge is -2.23. The highest BCUT2D eigenvalue weighted by Crippen LogP contribution is 2.27. The van der Waals surface area contributed by atoms with Gasteiger partial charge in [0.1, 0.15) is 34.5 Å². The van der Waals surface area contributed by atoms with Crippen LogP contribution in [-0.4, -0.2) is 30.2 Å². The van der Waals surface area contributed by atoms with Gasteiger partial charge in [0.2, 0.25) is 5.91 Å². The molecule has 0 aliphatic carbocycles. The van der Waals surface area contributed by atoms with Crippen molar-refractivity contribution in [1.29, 1.82) is 0 Å². The first-order valence-electron chi connectivity index (χ1n) is 12.5. The highest BCUT2D eigenvalue weighted by Gasteiger charge is 2.29. The van der Waals surface area contributed by atoms with Crippen molar-refractivity contribution >= 4 is 17.5 Å². The number of aromatic nitrogens is 5. The van der Waals surface area contributed by atoms with Gasteiger partial charge in [-0.3, -0.25) is 19.1 Å². The number of rotatable bonds is 7. The Labute approximate surface area is 229 Å². The quantitative estimate of drug-likeness (QED) is 0.357. The summed E-state index contributed by atoms with van der Waals surface area (Å²) in [6, 6.07) is 3.19. The van der Waals surface area contributed by atoms with E-state index in [0.717, 1.165) is 10.9 Å². The van der Waals surface area contributed by atoms with Crippen molar-refractivity contribution in [3.05, 3.63) is 92.3 Å². The molecular formula is C26H24ClF3N6O3. The summed E-state index contributed by atoms with van der Waals surface area (Å²) in [7, 11) is 0. The van der Waals surface area contributed by atoms with Crippen LogP contribution in [0.15, 0.2) is 41.6 Å². The predicted octanol–water partition coefficient (Wildman–Crippen LogP) is 4.45. The minimum atomic E-state index is -2.90. The molecule has 0 bridgehead atoms. The SMILES string of the molecule is [2H]C([2H])(Oc1cc(C)n(-c2cc(-n3cc(F)c(C(C)(C)NC(C)=O)n3)ncc2C)c(=O)c1Cl)c1ncc(F)cc1F. The maximum atomic E-state index is 14.8. The molecule has 0 saturated heterocycles. The largest absolute Gasteiger partial charge is 0.485 e. The van der Waals surface area contributed by atoms with E-state index >= 15 is 0 Å². The third-order valence-corrected chi connectivity index (χ3v) is 6.00. The van der Waals surface area contributed by atoms with Crippen LogP contribution in [0.25, 0.3) is 11.5 Å². The Morgan fingerprint density at radius 1 is 1.15 bits per heavy atom. The van der Waals surface area contributed by atoms with Crippen molar-refractivity contribution in [3.8, 4) is 17.3 Å². The molecular weight excluding hydrogens is 537 g/mol. The number of aryl methyl sites for hydroxylation is 2. The van der Waals surface area contributed by atoms with Crippen molar-refractivity contribution in [3.63, 3.8) is 0 Å². The van der Waals surface area contributed by atoms with Crippen molar-refractivity contribution in [1.82, 2.24) is 29.6 Å². The number of hydrogen-bond acceptors (Lipinski definition) is 6. The Morgan fingerprint density at radius 2 is 1.87 bits per heavy atom. The van der Waals surface area contributed by atoms with Crippen LogP contribution in [0.1, 0.15) is 46.2 Å². The molecule has 204 valence electrons. The fourth-order valence-corrected chi connectivity index (χ4v) is 4.09. The molecule has 9 nitrogen and oxygen atoms in total. The number of nitrogens with one attached hydrogen (secondary N) is 1. The molecule has 4 rings (SSSR count). The molecule has 1 N–H and O–H groups in total. The Bertz CT molecular complexity index is 1740. The topological polar surface area (TPSA) is 104 Å². The molecule has 0 saturated carbocycles. The summed E-state index contributed by atoms with van der Waals surface area (Å²) in [4.78, 5) is 32.7. The van der Waals surface area contributed by atoms with Gasteiger partial charge in [-0.15, -0.1) is 0 Å². The Morgan fingerprint density at radius 3 is 2.54 bits per heavy atom. The van der Waals surface area contributed by atoms with E-state index in [1.165, 1.54) is 36.7 Å². The van der Waals surface area contributed by atoms with Gasteiger partial charge >= 0.3 is 0 Å². The lowest BCUT2D eigenvalue weighted by atomic mass is 10.0. The fourth-order valence-electron chi connectivity index (χ4n) is 3.91. The summed E-state index contributed by atoms with van der Waals surface area (Å²) in [5.74, 6) is -3.60. The van der Waals surface area contributed by atoms with Crippen molar-refractivity contribution in [2.24, 2.45) is 0 Å². The molecule has 0 aliphatic heterocycles. The number of carbonyl (C=O) groups excluding carboxylic acids is 1. The molecule has 13 heteroatoms. The number of halogens is 4. The summed E-state index contributed by atoms with van der Waals surface area (Å²) in [6.07, 6.45) is 3.16. The molecule has 39 heavy (non-hydrogen) atoms. The molecule has 4 heterocycles. The van der Waals surface area contributed by atoms with E-state index in [1.54, 1.807) is 20.8 Å². The second-order valence-electron chi connectivity index (χ2n) is 9.20. The van der Waals surface area contributed by atoms with Gasteiger partial charge in [-0.1, -0.05) is 11.6 Å². The number of carbonyl (C=O) groups is 1. The minimum Gasteiger partial charge on any atom is -0.485 e. The number of amides is 1. The smallest absolute Gasteiger partial charge is 0.277 e. The van der Waals surface area contributed by atoms with Crippen LogP contribution >= 0.6 is 11.6 Å².